The van der Waals surface area contributed by atoms with Crippen LogP contribution in [0.15, 0.2) is 24.3 Å². The van der Waals surface area contributed by atoms with Crippen LogP contribution in [0.3, 0.4) is 0 Å². The number of aromatic hydroxyl groups is 1. The number of benzene rings is 1. The summed E-state index contributed by atoms with van der Waals surface area (Å²) in [4.78, 5) is 93.2. The number of carboxylic acids is 1. The van der Waals surface area contributed by atoms with E-state index in [0.717, 1.165) is 70.6 Å². The first-order chi connectivity index (χ1) is 27.2. The van der Waals surface area contributed by atoms with Crippen LogP contribution in [0.2, 0.25) is 0 Å². The number of rotatable bonds is 20. The SMILES string of the molecule is CC(C)[C@H](NC(=O)[C@H](CC1CCCCC1)NC(=O)[C@H](CC(N)=O)NC(=O)[C@H](CC1CCCCC1)NC(=O)[C@@H]1CCCN1)C(=O)N[C@@H](Cc1ccc(O)cc1)C(=O)O. The van der Waals surface area contributed by atoms with E-state index in [9.17, 15) is 43.8 Å². The van der Waals surface area contributed by atoms with Gasteiger partial charge in [0.15, 0.2) is 0 Å². The maximum atomic E-state index is 14.1. The minimum absolute atomic E-state index is 0.00937. The van der Waals surface area contributed by atoms with E-state index in [2.05, 4.69) is 31.9 Å². The number of nitrogens with one attached hydrogen (secondary N) is 6. The number of hydrogen-bond acceptors (Lipinski definition) is 9. The lowest BCUT2D eigenvalue weighted by Crippen LogP contribution is -2.60. The largest absolute Gasteiger partial charge is 0.508 e. The molecule has 0 unspecified atom stereocenters. The van der Waals surface area contributed by atoms with Crippen molar-refractivity contribution in [3.8, 4) is 5.75 Å². The maximum Gasteiger partial charge on any atom is 0.326 e. The predicted molar refractivity (Wildman–Crippen MR) is 211 cm³/mol. The summed E-state index contributed by atoms with van der Waals surface area (Å²) < 4.78 is 0. The number of carboxylic acid groups (broad SMARTS) is 1. The Hall–Kier alpha value is -4.73. The van der Waals surface area contributed by atoms with Gasteiger partial charge in [-0.25, -0.2) is 4.79 Å². The van der Waals surface area contributed by atoms with Crippen molar-refractivity contribution in [2.75, 3.05) is 6.54 Å². The van der Waals surface area contributed by atoms with Crippen molar-refractivity contribution in [3.05, 3.63) is 29.8 Å². The van der Waals surface area contributed by atoms with Crippen molar-refractivity contribution in [1.82, 2.24) is 31.9 Å². The Labute approximate surface area is 335 Å². The molecule has 16 nitrogen and oxygen atoms in total. The second-order valence-electron chi connectivity index (χ2n) is 16.5. The number of amides is 6. The molecule has 1 aliphatic heterocycles. The zero-order valence-electron chi connectivity index (χ0n) is 33.4. The van der Waals surface area contributed by atoms with Crippen LogP contribution >= 0.6 is 0 Å². The first kappa shape index (κ1) is 45.0. The van der Waals surface area contributed by atoms with Gasteiger partial charge in [0.1, 0.15) is 36.0 Å². The van der Waals surface area contributed by atoms with Gasteiger partial charge in [0, 0.05) is 6.42 Å². The molecule has 6 amide bonds. The monoisotopic (exact) mass is 797 g/mol. The Morgan fingerprint density at radius 1 is 0.667 bits per heavy atom. The number of aliphatic carboxylic acids is 1. The molecule has 0 aromatic heterocycles. The van der Waals surface area contributed by atoms with Gasteiger partial charge in [0.05, 0.1) is 12.5 Å². The molecule has 1 heterocycles. The highest BCUT2D eigenvalue weighted by Crippen LogP contribution is 2.29. The number of carbonyl (C=O) groups excluding carboxylic acids is 6. The van der Waals surface area contributed by atoms with E-state index in [1.165, 1.54) is 12.1 Å². The fraction of sp³-hybridized carbons (Fsp3) is 0.683. The third-order valence-electron chi connectivity index (χ3n) is 11.5. The van der Waals surface area contributed by atoms with Gasteiger partial charge in [-0.05, 0) is 67.7 Å². The van der Waals surface area contributed by atoms with Crippen molar-refractivity contribution in [2.24, 2.45) is 23.5 Å². The van der Waals surface area contributed by atoms with Crippen LogP contribution in [0.25, 0.3) is 0 Å². The molecule has 1 aromatic rings. The standard InChI is InChI=1S/C41H63N7O9/c1-24(2)35(40(55)47-33(41(56)57)22-27-15-17-28(49)18-16-27)48-39(54)31(21-26-12-7-4-8-13-26)45-38(53)32(23-34(42)50)46-37(52)30(20-25-10-5-3-6-11-25)44-36(51)29-14-9-19-43-29/h15-18,24-26,29-33,35,43,49H,3-14,19-23H2,1-2H3,(H2,42,50)(H,44,51)(H,45,53)(H,46,52)(H,47,55)(H,48,54)(H,56,57)/t29-,30-,31-,32-,33-,35-/m0/s1. The van der Waals surface area contributed by atoms with E-state index in [1.54, 1.807) is 26.0 Å². The zero-order valence-corrected chi connectivity index (χ0v) is 33.4. The summed E-state index contributed by atoms with van der Waals surface area (Å²) in [5, 5.41) is 36.2. The van der Waals surface area contributed by atoms with Crippen LogP contribution in [-0.2, 0) is 40.0 Å². The van der Waals surface area contributed by atoms with Crippen molar-refractivity contribution in [2.45, 2.75) is 153 Å². The van der Waals surface area contributed by atoms with Crippen LogP contribution < -0.4 is 37.6 Å². The van der Waals surface area contributed by atoms with Crippen LogP contribution in [0.5, 0.6) is 5.75 Å². The molecule has 6 atom stereocenters. The van der Waals surface area contributed by atoms with Gasteiger partial charge in [0.2, 0.25) is 35.4 Å². The van der Waals surface area contributed by atoms with Gasteiger partial charge in [-0.3, -0.25) is 28.8 Å². The summed E-state index contributed by atoms with van der Waals surface area (Å²) in [6.45, 7) is 4.08. The number of carbonyl (C=O) groups is 7. The Morgan fingerprint density at radius 3 is 1.68 bits per heavy atom. The smallest absolute Gasteiger partial charge is 0.326 e. The summed E-state index contributed by atoms with van der Waals surface area (Å²) in [6.07, 6.45) is 11.0. The average molecular weight is 798 g/mol. The minimum atomic E-state index is -1.45. The Bertz CT molecular complexity index is 1540. The lowest BCUT2D eigenvalue weighted by atomic mass is 9.84. The molecule has 0 bridgehead atoms. The molecule has 316 valence electrons. The lowest BCUT2D eigenvalue weighted by molar-refractivity contribution is -0.142. The highest BCUT2D eigenvalue weighted by Gasteiger charge is 2.36. The Kier molecular flexibility index (Phi) is 17.6. The van der Waals surface area contributed by atoms with Crippen molar-refractivity contribution < 1.29 is 43.8 Å². The Balaban J connectivity index is 1.50. The molecule has 1 aromatic carbocycles. The molecular weight excluding hydrogens is 734 g/mol. The quantitative estimate of drug-likeness (QED) is 0.0922. The molecule has 1 saturated heterocycles. The molecule has 57 heavy (non-hydrogen) atoms. The van der Waals surface area contributed by atoms with E-state index < -0.39 is 84.1 Å². The first-order valence-corrected chi connectivity index (χ1v) is 20.7. The zero-order chi connectivity index (χ0) is 41.5. The predicted octanol–water partition coefficient (Wildman–Crippen LogP) is 1.67. The molecule has 2 saturated carbocycles. The summed E-state index contributed by atoms with van der Waals surface area (Å²) in [7, 11) is 0. The van der Waals surface area contributed by atoms with Crippen molar-refractivity contribution >= 4 is 41.4 Å². The summed E-state index contributed by atoms with van der Waals surface area (Å²) in [6, 6.07) is -0.594. The fourth-order valence-corrected chi connectivity index (χ4v) is 8.23. The van der Waals surface area contributed by atoms with E-state index in [0.29, 0.717) is 24.9 Å². The summed E-state index contributed by atoms with van der Waals surface area (Å²) >= 11 is 0. The first-order valence-electron chi connectivity index (χ1n) is 20.7. The van der Waals surface area contributed by atoms with Crippen molar-refractivity contribution in [3.63, 3.8) is 0 Å². The van der Waals surface area contributed by atoms with Crippen LogP contribution in [0.4, 0.5) is 0 Å². The highest BCUT2D eigenvalue weighted by molar-refractivity contribution is 5.98. The summed E-state index contributed by atoms with van der Waals surface area (Å²) in [5.74, 6) is -5.50. The normalized spacial score (nSPS) is 20.3. The van der Waals surface area contributed by atoms with E-state index in [1.807, 2.05) is 0 Å². The van der Waals surface area contributed by atoms with Gasteiger partial charge in [-0.2, -0.15) is 0 Å². The molecule has 3 fully saturated rings. The number of phenols is 1. The molecule has 16 heteroatoms. The van der Waals surface area contributed by atoms with Gasteiger partial charge in [-0.1, -0.05) is 90.2 Å². The molecule has 4 rings (SSSR count). The second kappa shape index (κ2) is 22.3. The average Bonchev–Trinajstić information content (AvgIpc) is 3.73. The van der Waals surface area contributed by atoms with Gasteiger partial charge >= 0.3 is 5.97 Å². The number of primary amides is 1. The minimum Gasteiger partial charge on any atom is -0.508 e. The second-order valence-corrected chi connectivity index (χ2v) is 16.5. The van der Waals surface area contributed by atoms with Gasteiger partial charge in [0.25, 0.3) is 0 Å². The molecule has 0 radical (unpaired) electrons. The summed E-state index contributed by atoms with van der Waals surface area (Å²) in [5.41, 5.74) is 6.12. The number of hydrogen-bond donors (Lipinski definition) is 9. The van der Waals surface area contributed by atoms with Gasteiger partial charge < -0.3 is 47.8 Å². The third-order valence-corrected chi connectivity index (χ3v) is 11.5. The van der Waals surface area contributed by atoms with Crippen molar-refractivity contribution in [1.29, 1.82) is 0 Å². The molecule has 0 spiro atoms. The lowest BCUT2D eigenvalue weighted by Gasteiger charge is -2.31. The molecular formula is C41H63N7O9. The highest BCUT2D eigenvalue weighted by atomic mass is 16.4. The van der Waals surface area contributed by atoms with E-state index >= 15 is 0 Å². The molecule has 10 N–H and O–H groups in total. The number of phenolic OH excluding ortho intramolecular Hbond substituents is 1. The topological polar surface area (TPSA) is 258 Å². The van der Waals surface area contributed by atoms with E-state index in [-0.39, 0.29) is 36.3 Å². The van der Waals surface area contributed by atoms with E-state index in [4.69, 9.17) is 5.73 Å². The fourth-order valence-electron chi connectivity index (χ4n) is 8.23. The molecule has 2 aliphatic carbocycles. The van der Waals surface area contributed by atoms with Crippen LogP contribution in [-0.4, -0.2) is 94.4 Å². The maximum absolute atomic E-state index is 14.1. The Morgan fingerprint density at radius 2 is 1.18 bits per heavy atom. The molecule has 3 aliphatic rings. The van der Waals surface area contributed by atoms with Crippen LogP contribution in [0, 0.1) is 17.8 Å². The third kappa shape index (κ3) is 14.6. The number of nitrogens with two attached hydrogens (primary N) is 1. The van der Waals surface area contributed by atoms with Gasteiger partial charge in [-0.15, -0.1) is 0 Å². The van der Waals surface area contributed by atoms with Crippen LogP contribution in [0.1, 0.15) is 116 Å².